The number of hydrogen-bond acceptors (Lipinski definition) is 4. The minimum absolute atomic E-state index is 0.316. The summed E-state index contributed by atoms with van der Waals surface area (Å²) in [6.07, 6.45) is 6.70. The second kappa shape index (κ2) is 4.00. The molecular formula is C12H18N2OS. The molecule has 3 rings (SSSR count). The number of aliphatic hydroxyl groups is 1. The standard InChI is InChI=1S/C12H18N2OS/c1-14(8-4-2-5-8)12-13-11-9(15)6-3-7-10(11)16-12/h8-9,15H,2-7H2,1H3. The number of thiazole rings is 1. The monoisotopic (exact) mass is 238 g/mol. The van der Waals surface area contributed by atoms with Crippen LogP contribution in [0.4, 0.5) is 5.13 Å². The zero-order valence-corrected chi connectivity index (χ0v) is 10.5. The normalized spacial score (nSPS) is 25.0. The van der Waals surface area contributed by atoms with E-state index >= 15 is 0 Å². The number of hydrogen-bond donors (Lipinski definition) is 1. The lowest BCUT2D eigenvalue weighted by molar-refractivity contribution is 0.153. The van der Waals surface area contributed by atoms with E-state index in [4.69, 9.17) is 0 Å². The summed E-state index contributed by atoms with van der Waals surface area (Å²) in [6.45, 7) is 0. The van der Waals surface area contributed by atoms with Crippen molar-refractivity contribution in [1.82, 2.24) is 4.98 Å². The lowest BCUT2D eigenvalue weighted by atomic mass is 9.92. The Balaban J connectivity index is 1.85. The number of aryl methyl sites for hydroxylation is 1. The van der Waals surface area contributed by atoms with E-state index in [0.717, 1.165) is 30.1 Å². The molecular weight excluding hydrogens is 220 g/mol. The Morgan fingerprint density at radius 2 is 2.12 bits per heavy atom. The Morgan fingerprint density at radius 1 is 1.31 bits per heavy atom. The molecule has 4 heteroatoms. The topological polar surface area (TPSA) is 36.4 Å². The second-order valence-corrected chi connectivity index (χ2v) is 5.97. The molecule has 1 heterocycles. The summed E-state index contributed by atoms with van der Waals surface area (Å²) < 4.78 is 0. The lowest BCUT2D eigenvalue weighted by Crippen LogP contribution is -2.37. The molecule has 88 valence electrons. The van der Waals surface area contributed by atoms with Crippen molar-refractivity contribution in [2.45, 2.75) is 50.7 Å². The van der Waals surface area contributed by atoms with Crippen molar-refractivity contribution < 1.29 is 5.11 Å². The van der Waals surface area contributed by atoms with Crippen LogP contribution in [0.5, 0.6) is 0 Å². The van der Waals surface area contributed by atoms with Gasteiger partial charge in [-0.1, -0.05) is 0 Å². The van der Waals surface area contributed by atoms with Gasteiger partial charge >= 0.3 is 0 Å². The number of aliphatic hydroxyl groups excluding tert-OH is 1. The van der Waals surface area contributed by atoms with E-state index in [2.05, 4.69) is 16.9 Å². The molecule has 0 bridgehead atoms. The Bertz CT molecular complexity index is 386. The quantitative estimate of drug-likeness (QED) is 0.860. The number of aromatic nitrogens is 1. The third kappa shape index (κ3) is 1.64. The molecule has 0 spiro atoms. The molecule has 1 aromatic heterocycles. The molecule has 16 heavy (non-hydrogen) atoms. The fourth-order valence-electron chi connectivity index (χ4n) is 2.46. The summed E-state index contributed by atoms with van der Waals surface area (Å²) in [5.74, 6) is 0. The maximum Gasteiger partial charge on any atom is 0.185 e. The van der Waals surface area contributed by atoms with Crippen molar-refractivity contribution in [2.75, 3.05) is 11.9 Å². The van der Waals surface area contributed by atoms with Crippen LogP contribution in [0.1, 0.15) is 48.8 Å². The van der Waals surface area contributed by atoms with Crippen molar-refractivity contribution in [2.24, 2.45) is 0 Å². The van der Waals surface area contributed by atoms with E-state index in [1.807, 2.05) is 0 Å². The first-order valence-corrected chi connectivity index (χ1v) is 6.98. The van der Waals surface area contributed by atoms with Crippen molar-refractivity contribution >= 4 is 16.5 Å². The molecule has 3 nitrogen and oxygen atoms in total. The Kier molecular flexibility index (Phi) is 2.64. The van der Waals surface area contributed by atoms with Gasteiger partial charge in [0.15, 0.2) is 5.13 Å². The van der Waals surface area contributed by atoms with Crippen LogP contribution in [0.15, 0.2) is 0 Å². The van der Waals surface area contributed by atoms with Crippen molar-refractivity contribution in [3.05, 3.63) is 10.6 Å². The highest BCUT2D eigenvalue weighted by molar-refractivity contribution is 7.15. The van der Waals surface area contributed by atoms with Gasteiger partial charge in [0.25, 0.3) is 0 Å². The average molecular weight is 238 g/mol. The van der Waals surface area contributed by atoms with Crippen LogP contribution in [-0.4, -0.2) is 23.2 Å². The van der Waals surface area contributed by atoms with Crippen LogP contribution in [0.2, 0.25) is 0 Å². The maximum absolute atomic E-state index is 9.89. The van der Waals surface area contributed by atoms with Gasteiger partial charge in [0.05, 0.1) is 11.8 Å². The fourth-order valence-corrected chi connectivity index (χ4v) is 3.65. The Morgan fingerprint density at radius 3 is 2.75 bits per heavy atom. The molecule has 0 saturated heterocycles. The number of fused-ring (bicyclic) bond motifs is 1. The minimum Gasteiger partial charge on any atom is -0.387 e. The van der Waals surface area contributed by atoms with Gasteiger partial charge in [-0.05, 0) is 38.5 Å². The summed E-state index contributed by atoms with van der Waals surface area (Å²) in [4.78, 5) is 8.24. The molecule has 2 aliphatic carbocycles. The van der Waals surface area contributed by atoms with Gasteiger partial charge in [0, 0.05) is 18.0 Å². The SMILES string of the molecule is CN(c1nc2c(s1)CCCC2O)C1CCC1. The van der Waals surface area contributed by atoms with Gasteiger partial charge in [-0.2, -0.15) is 0 Å². The van der Waals surface area contributed by atoms with Crippen LogP contribution in [0, 0.1) is 0 Å². The molecule has 1 saturated carbocycles. The van der Waals surface area contributed by atoms with Crippen LogP contribution < -0.4 is 4.90 Å². The summed E-state index contributed by atoms with van der Waals surface area (Å²) in [5.41, 5.74) is 0.956. The van der Waals surface area contributed by atoms with E-state index in [1.54, 1.807) is 11.3 Å². The molecule has 0 aromatic carbocycles. The van der Waals surface area contributed by atoms with Crippen LogP contribution in [-0.2, 0) is 6.42 Å². The van der Waals surface area contributed by atoms with E-state index in [1.165, 1.54) is 24.1 Å². The molecule has 1 N–H and O–H groups in total. The zero-order valence-electron chi connectivity index (χ0n) is 9.65. The molecule has 2 aliphatic rings. The zero-order chi connectivity index (χ0) is 11.1. The van der Waals surface area contributed by atoms with Crippen molar-refractivity contribution in [1.29, 1.82) is 0 Å². The highest BCUT2D eigenvalue weighted by atomic mass is 32.1. The molecule has 1 aromatic rings. The van der Waals surface area contributed by atoms with Crippen LogP contribution in [0.3, 0.4) is 0 Å². The molecule has 1 atom stereocenters. The van der Waals surface area contributed by atoms with Gasteiger partial charge in [-0.15, -0.1) is 11.3 Å². The number of anilines is 1. The third-order valence-corrected chi connectivity index (χ3v) is 5.06. The van der Waals surface area contributed by atoms with Gasteiger partial charge < -0.3 is 10.0 Å². The minimum atomic E-state index is -0.316. The van der Waals surface area contributed by atoms with Crippen LogP contribution >= 0.6 is 11.3 Å². The van der Waals surface area contributed by atoms with Gasteiger partial charge in [0.2, 0.25) is 0 Å². The Labute approximate surface area is 100 Å². The first kappa shape index (κ1) is 10.5. The van der Waals surface area contributed by atoms with Gasteiger partial charge in [-0.25, -0.2) is 4.98 Å². The number of nitrogens with zero attached hydrogens (tertiary/aromatic N) is 2. The second-order valence-electron chi connectivity index (χ2n) is 4.91. The fraction of sp³-hybridized carbons (Fsp3) is 0.750. The number of rotatable bonds is 2. The van der Waals surface area contributed by atoms with E-state index in [0.29, 0.717) is 6.04 Å². The van der Waals surface area contributed by atoms with Crippen molar-refractivity contribution in [3.8, 4) is 0 Å². The van der Waals surface area contributed by atoms with E-state index in [9.17, 15) is 5.11 Å². The summed E-state index contributed by atoms with van der Waals surface area (Å²) in [5, 5.41) is 11.0. The highest BCUT2D eigenvalue weighted by Gasteiger charge is 2.28. The predicted molar refractivity (Wildman–Crippen MR) is 66.1 cm³/mol. The molecule has 1 unspecified atom stereocenters. The highest BCUT2D eigenvalue weighted by Crippen LogP contribution is 2.38. The average Bonchev–Trinajstić information content (AvgIpc) is 2.60. The molecule has 1 fully saturated rings. The van der Waals surface area contributed by atoms with Gasteiger partial charge in [-0.3, -0.25) is 0 Å². The van der Waals surface area contributed by atoms with E-state index < -0.39 is 0 Å². The molecule has 0 aliphatic heterocycles. The summed E-state index contributed by atoms with van der Waals surface area (Å²) in [6, 6.07) is 0.685. The molecule has 0 amide bonds. The summed E-state index contributed by atoms with van der Waals surface area (Å²) in [7, 11) is 2.14. The van der Waals surface area contributed by atoms with Gasteiger partial charge in [0.1, 0.15) is 0 Å². The third-order valence-electron chi connectivity index (χ3n) is 3.84. The first-order chi connectivity index (χ1) is 7.75. The smallest absolute Gasteiger partial charge is 0.185 e. The Hall–Kier alpha value is -0.610. The van der Waals surface area contributed by atoms with Crippen LogP contribution in [0.25, 0.3) is 0 Å². The molecule has 0 radical (unpaired) electrons. The van der Waals surface area contributed by atoms with E-state index in [-0.39, 0.29) is 6.10 Å². The first-order valence-electron chi connectivity index (χ1n) is 6.16. The van der Waals surface area contributed by atoms with Crippen molar-refractivity contribution in [3.63, 3.8) is 0 Å². The largest absolute Gasteiger partial charge is 0.387 e. The summed E-state index contributed by atoms with van der Waals surface area (Å²) >= 11 is 1.78. The lowest BCUT2D eigenvalue weighted by Gasteiger charge is -2.34. The predicted octanol–water partition coefficient (Wildman–Crippen LogP) is 2.50. The maximum atomic E-state index is 9.89.